The third kappa shape index (κ3) is 4.00. The summed E-state index contributed by atoms with van der Waals surface area (Å²) >= 11 is 0. The molecule has 1 amide bonds. The first-order valence-electron chi connectivity index (χ1n) is 7.40. The minimum Gasteiger partial charge on any atom is -0.339 e. The summed E-state index contributed by atoms with van der Waals surface area (Å²) in [5.74, 6) is -1.27. The van der Waals surface area contributed by atoms with Crippen LogP contribution in [-0.2, 0) is 4.79 Å². The molecule has 0 aromatic heterocycles. The number of hydrogen-bond acceptors (Lipinski definition) is 2. The Morgan fingerprint density at radius 3 is 2.62 bits per heavy atom. The number of carbonyl (C=O) groups is 1. The van der Waals surface area contributed by atoms with Crippen LogP contribution >= 0.6 is 0 Å². The maximum absolute atomic E-state index is 13.3. The average Bonchev–Trinajstić information content (AvgIpc) is 2.49. The maximum atomic E-state index is 13.3. The molecule has 1 aliphatic rings. The molecule has 1 heterocycles. The Hall–Kier alpha value is -1.49. The molecular formula is C16H22F2N2O. The molecule has 0 spiro atoms. The molecular weight excluding hydrogens is 274 g/mol. The zero-order valence-corrected chi connectivity index (χ0v) is 12.5. The van der Waals surface area contributed by atoms with Crippen molar-refractivity contribution in [1.29, 1.82) is 0 Å². The lowest BCUT2D eigenvalue weighted by molar-refractivity contribution is -0.133. The molecule has 1 saturated heterocycles. The van der Waals surface area contributed by atoms with Gasteiger partial charge in [0.25, 0.3) is 0 Å². The van der Waals surface area contributed by atoms with E-state index < -0.39 is 11.6 Å². The standard InChI is InChI=1S/C16H22F2N2O/c1-11(13-3-4-14(17)15(18)10-13)20(2)16(21)9-12-5-7-19-8-6-12/h3-4,10-12,19H,5-9H2,1-2H3. The number of nitrogens with zero attached hydrogens (tertiary/aromatic N) is 1. The van der Waals surface area contributed by atoms with E-state index in [4.69, 9.17) is 0 Å². The zero-order chi connectivity index (χ0) is 15.4. The van der Waals surface area contributed by atoms with Crippen LogP contribution in [0.1, 0.15) is 37.8 Å². The fourth-order valence-electron chi connectivity index (χ4n) is 2.69. The molecule has 2 rings (SSSR count). The van der Waals surface area contributed by atoms with E-state index in [0.29, 0.717) is 17.9 Å². The van der Waals surface area contributed by atoms with E-state index >= 15 is 0 Å². The van der Waals surface area contributed by atoms with Gasteiger partial charge in [0.2, 0.25) is 5.91 Å². The van der Waals surface area contributed by atoms with E-state index in [2.05, 4.69) is 5.32 Å². The van der Waals surface area contributed by atoms with Crippen molar-refractivity contribution in [3.8, 4) is 0 Å². The predicted octanol–water partition coefficient (Wildman–Crippen LogP) is 2.87. The summed E-state index contributed by atoms with van der Waals surface area (Å²) in [5.41, 5.74) is 0.607. The minimum atomic E-state index is -0.876. The molecule has 1 fully saturated rings. The second-order valence-electron chi connectivity index (χ2n) is 5.75. The summed E-state index contributed by atoms with van der Waals surface area (Å²) in [5, 5.41) is 3.28. The first kappa shape index (κ1) is 15.9. The fraction of sp³-hybridized carbons (Fsp3) is 0.562. The van der Waals surface area contributed by atoms with Gasteiger partial charge in [-0.3, -0.25) is 4.79 Å². The highest BCUT2D eigenvalue weighted by Gasteiger charge is 2.23. The van der Waals surface area contributed by atoms with Crippen LogP contribution in [-0.4, -0.2) is 30.9 Å². The van der Waals surface area contributed by atoms with Gasteiger partial charge in [-0.2, -0.15) is 0 Å². The zero-order valence-electron chi connectivity index (χ0n) is 12.5. The number of nitrogens with one attached hydrogen (secondary N) is 1. The van der Waals surface area contributed by atoms with Gasteiger partial charge in [-0.15, -0.1) is 0 Å². The molecule has 1 aliphatic heterocycles. The molecule has 0 bridgehead atoms. The summed E-state index contributed by atoms with van der Waals surface area (Å²) in [6.45, 7) is 3.74. The van der Waals surface area contributed by atoms with E-state index in [0.717, 1.165) is 38.1 Å². The lowest BCUT2D eigenvalue weighted by Gasteiger charge is -2.29. The van der Waals surface area contributed by atoms with E-state index in [9.17, 15) is 13.6 Å². The quantitative estimate of drug-likeness (QED) is 0.926. The second kappa shape index (κ2) is 6.98. The van der Waals surface area contributed by atoms with E-state index in [-0.39, 0.29) is 11.9 Å². The Bertz CT molecular complexity index is 501. The molecule has 0 aliphatic carbocycles. The van der Waals surface area contributed by atoms with Crippen LogP contribution < -0.4 is 5.32 Å². The highest BCUT2D eigenvalue weighted by molar-refractivity contribution is 5.76. The molecule has 3 nitrogen and oxygen atoms in total. The number of rotatable bonds is 4. The van der Waals surface area contributed by atoms with Crippen LogP contribution in [0.4, 0.5) is 8.78 Å². The highest BCUT2D eigenvalue weighted by atomic mass is 19.2. The van der Waals surface area contributed by atoms with Gasteiger partial charge in [0, 0.05) is 13.5 Å². The van der Waals surface area contributed by atoms with Crippen molar-refractivity contribution < 1.29 is 13.6 Å². The number of hydrogen-bond donors (Lipinski definition) is 1. The largest absolute Gasteiger partial charge is 0.339 e. The average molecular weight is 296 g/mol. The number of piperidine rings is 1. The predicted molar refractivity (Wildman–Crippen MR) is 77.8 cm³/mol. The molecule has 21 heavy (non-hydrogen) atoms. The maximum Gasteiger partial charge on any atom is 0.223 e. The lowest BCUT2D eigenvalue weighted by Crippen LogP contribution is -2.34. The first-order chi connectivity index (χ1) is 9.99. The lowest BCUT2D eigenvalue weighted by atomic mass is 9.93. The molecule has 116 valence electrons. The van der Waals surface area contributed by atoms with Crippen molar-refractivity contribution in [3.05, 3.63) is 35.4 Å². The van der Waals surface area contributed by atoms with Crippen molar-refractivity contribution >= 4 is 5.91 Å². The van der Waals surface area contributed by atoms with Gasteiger partial charge in [-0.1, -0.05) is 6.07 Å². The monoisotopic (exact) mass is 296 g/mol. The Morgan fingerprint density at radius 2 is 2.00 bits per heavy atom. The third-order valence-electron chi connectivity index (χ3n) is 4.32. The molecule has 1 N–H and O–H groups in total. The summed E-state index contributed by atoms with van der Waals surface area (Å²) in [6.07, 6.45) is 2.55. The van der Waals surface area contributed by atoms with Crippen LogP contribution in [0, 0.1) is 17.6 Å². The van der Waals surface area contributed by atoms with Gasteiger partial charge in [0.1, 0.15) is 0 Å². The molecule has 1 atom stereocenters. The van der Waals surface area contributed by atoms with Crippen molar-refractivity contribution in [2.24, 2.45) is 5.92 Å². The van der Waals surface area contributed by atoms with Crippen molar-refractivity contribution in [2.45, 2.75) is 32.2 Å². The van der Waals surface area contributed by atoms with Gasteiger partial charge < -0.3 is 10.2 Å². The molecule has 1 aromatic carbocycles. The number of amides is 1. The van der Waals surface area contributed by atoms with Gasteiger partial charge >= 0.3 is 0 Å². The van der Waals surface area contributed by atoms with E-state index in [1.807, 2.05) is 6.92 Å². The molecule has 1 unspecified atom stereocenters. The van der Waals surface area contributed by atoms with Crippen LogP contribution in [0.5, 0.6) is 0 Å². The van der Waals surface area contributed by atoms with Crippen LogP contribution in [0.15, 0.2) is 18.2 Å². The Balaban J connectivity index is 1.98. The minimum absolute atomic E-state index is 0.0548. The molecule has 5 heteroatoms. The first-order valence-corrected chi connectivity index (χ1v) is 7.40. The third-order valence-corrected chi connectivity index (χ3v) is 4.32. The van der Waals surface area contributed by atoms with Crippen LogP contribution in [0.3, 0.4) is 0 Å². The van der Waals surface area contributed by atoms with Crippen molar-refractivity contribution in [2.75, 3.05) is 20.1 Å². The summed E-state index contributed by atoms with van der Waals surface area (Å²) in [6, 6.07) is 3.52. The van der Waals surface area contributed by atoms with Gasteiger partial charge in [0.15, 0.2) is 11.6 Å². The van der Waals surface area contributed by atoms with Crippen LogP contribution in [0.25, 0.3) is 0 Å². The number of benzene rings is 1. The Labute approximate surface area is 124 Å². The van der Waals surface area contributed by atoms with Gasteiger partial charge in [-0.25, -0.2) is 8.78 Å². The van der Waals surface area contributed by atoms with Gasteiger partial charge in [-0.05, 0) is 56.5 Å². The second-order valence-corrected chi connectivity index (χ2v) is 5.75. The number of halogens is 2. The summed E-state index contributed by atoms with van der Waals surface area (Å²) < 4.78 is 26.3. The fourth-order valence-corrected chi connectivity index (χ4v) is 2.69. The summed E-state index contributed by atoms with van der Waals surface area (Å²) in [7, 11) is 1.72. The Kier molecular flexibility index (Phi) is 5.28. The number of carbonyl (C=O) groups excluding carboxylic acids is 1. The molecule has 0 saturated carbocycles. The topological polar surface area (TPSA) is 32.3 Å². The van der Waals surface area contributed by atoms with Gasteiger partial charge in [0.05, 0.1) is 6.04 Å². The molecule has 1 aromatic rings. The summed E-state index contributed by atoms with van der Waals surface area (Å²) in [4.78, 5) is 13.9. The normalized spacial score (nSPS) is 17.5. The van der Waals surface area contributed by atoms with E-state index in [1.54, 1.807) is 11.9 Å². The Morgan fingerprint density at radius 1 is 1.33 bits per heavy atom. The van der Waals surface area contributed by atoms with E-state index in [1.165, 1.54) is 6.07 Å². The highest BCUT2D eigenvalue weighted by Crippen LogP contribution is 2.24. The van der Waals surface area contributed by atoms with Crippen molar-refractivity contribution in [1.82, 2.24) is 10.2 Å². The van der Waals surface area contributed by atoms with Crippen molar-refractivity contribution in [3.63, 3.8) is 0 Å². The molecule has 0 radical (unpaired) electrons. The smallest absolute Gasteiger partial charge is 0.223 e. The SMILES string of the molecule is CC(c1ccc(F)c(F)c1)N(C)C(=O)CC1CCNCC1. The van der Waals surface area contributed by atoms with Crippen LogP contribution in [0.2, 0.25) is 0 Å².